The van der Waals surface area contributed by atoms with Crippen LogP contribution in [0.4, 0.5) is 4.39 Å². The van der Waals surface area contributed by atoms with Crippen LogP contribution in [-0.2, 0) is 4.79 Å². The minimum atomic E-state index is -1.51. The van der Waals surface area contributed by atoms with Crippen molar-refractivity contribution in [2.24, 2.45) is 11.8 Å². The van der Waals surface area contributed by atoms with E-state index in [-0.39, 0.29) is 5.92 Å². The van der Waals surface area contributed by atoms with Gasteiger partial charge in [0.25, 0.3) is 0 Å². The molecule has 1 nitrogen and oxygen atoms in total. The van der Waals surface area contributed by atoms with Crippen molar-refractivity contribution in [1.29, 1.82) is 0 Å². The number of aldehydes is 1. The Labute approximate surface area is 58.9 Å². The third-order valence-electron chi connectivity index (χ3n) is 2.56. The number of rotatable bonds is 1. The number of carbonyl (C=O) groups excluding carboxylic acids is 1. The summed E-state index contributed by atoms with van der Waals surface area (Å²) < 4.78 is 13.3. The van der Waals surface area contributed by atoms with Gasteiger partial charge in [-0.15, -0.1) is 0 Å². The Morgan fingerprint density at radius 2 is 2.40 bits per heavy atom. The highest BCUT2D eigenvalue weighted by molar-refractivity contribution is 5.65. The van der Waals surface area contributed by atoms with Gasteiger partial charge in [0.2, 0.25) is 0 Å². The second-order valence-electron chi connectivity index (χ2n) is 3.24. The minimum Gasteiger partial charge on any atom is -0.300 e. The fraction of sp³-hybridized carbons (Fsp3) is 0.625. The van der Waals surface area contributed by atoms with Gasteiger partial charge in [-0.1, -0.05) is 12.2 Å². The number of alkyl halides is 1. The van der Waals surface area contributed by atoms with Crippen LogP contribution in [0.2, 0.25) is 0 Å². The predicted octanol–water partition coefficient (Wildman–Crippen LogP) is 1.49. The molecule has 0 aromatic heterocycles. The first-order valence-corrected chi connectivity index (χ1v) is 3.58. The highest BCUT2D eigenvalue weighted by Crippen LogP contribution is 2.47. The Hall–Kier alpha value is -0.660. The van der Waals surface area contributed by atoms with Crippen LogP contribution < -0.4 is 0 Å². The Morgan fingerprint density at radius 3 is 2.70 bits per heavy atom. The number of fused-ring (bicyclic) bond motifs is 2. The van der Waals surface area contributed by atoms with Crippen molar-refractivity contribution >= 4 is 6.29 Å². The van der Waals surface area contributed by atoms with Crippen LogP contribution in [0.1, 0.15) is 12.8 Å². The highest BCUT2D eigenvalue weighted by atomic mass is 19.1. The van der Waals surface area contributed by atoms with E-state index in [1.165, 1.54) is 0 Å². The first-order chi connectivity index (χ1) is 4.74. The molecule has 2 aliphatic rings. The van der Waals surface area contributed by atoms with E-state index < -0.39 is 5.67 Å². The quantitative estimate of drug-likeness (QED) is 0.398. The van der Waals surface area contributed by atoms with E-state index in [0.29, 0.717) is 18.6 Å². The SMILES string of the molecule is O=C[C@@]1(F)C[C@H]2C=C[C@@H]1C2. The van der Waals surface area contributed by atoms with Gasteiger partial charge in [-0.2, -0.15) is 0 Å². The van der Waals surface area contributed by atoms with Gasteiger partial charge in [-0.05, 0) is 18.8 Å². The average Bonchev–Trinajstić information content (AvgIpc) is 2.46. The van der Waals surface area contributed by atoms with Crippen LogP contribution in [-0.4, -0.2) is 12.0 Å². The summed E-state index contributed by atoms with van der Waals surface area (Å²) in [6, 6.07) is 0. The zero-order valence-electron chi connectivity index (χ0n) is 5.59. The Morgan fingerprint density at radius 1 is 1.60 bits per heavy atom. The van der Waals surface area contributed by atoms with Crippen LogP contribution >= 0.6 is 0 Å². The van der Waals surface area contributed by atoms with Crippen molar-refractivity contribution in [2.75, 3.05) is 0 Å². The van der Waals surface area contributed by atoms with Crippen molar-refractivity contribution in [3.8, 4) is 0 Å². The normalized spacial score (nSPS) is 50.1. The molecule has 10 heavy (non-hydrogen) atoms. The Kier molecular flexibility index (Phi) is 1.02. The van der Waals surface area contributed by atoms with Gasteiger partial charge in [-0.25, -0.2) is 4.39 Å². The minimum absolute atomic E-state index is 0.116. The molecule has 0 saturated heterocycles. The Bertz CT molecular complexity index is 199. The molecule has 0 aromatic carbocycles. The Balaban J connectivity index is 2.30. The van der Waals surface area contributed by atoms with Crippen molar-refractivity contribution in [3.05, 3.63) is 12.2 Å². The summed E-state index contributed by atoms with van der Waals surface area (Å²) in [5.74, 6) is 0.218. The molecule has 0 unspecified atom stereocenters. The van der Waals surface area contributed by atoms with E-state index in [1.54, 1.807) is 0 Å². The number of carbonyl (C=O) groups is 1. The topological polar surface area (TPSA) is 17.1 Å². The molecular weight excluding hydrogens is 131 g/mol. The van der Waals surface area contributed by atoms with Crippen molar-refractivity contribution < 1.29 is 9.18 Å². The molecule has 2 bridgehead atoms. The lowest BCUT2D eigenvalue weighted by Crippen LogP contribution is -2.29. The maximum atomic E-state index is 13.3. The summed E-state index contributed by atoms with van der Waals surface area (Å²) in [6.45, 7) is 0. The van der Waals surface area contributed by atoms with Gasteiger partial charge < -0.3 is 0 Å². The molecule has 2 aliphatic carbocycles. The van der Waals surface area contributed by atoms with Gasteiger partial charge in [0.1, 0.15) is 0 Å². The molecule has 0 radical (unpaired) electrons. The van der Waals surface area contributed by atoms with Crippen LogP contribution in [0.5, 0.6) is 0 Å². The molecule has 2 heteroatoms. The van der Waals surface area contributed by atoms with E-state index >= 15 is 0 Å². The van der Waals surface area contributed by atoms with Crippen molar-refractivity contribution in [2.45, 2.75) is 18.5 Å². The summed E-state index contributed by atoms with van der Waals surface area (Å²) in [6.07, 6.45) is 5.59. The standard InChI is InChI=1S/C8H9FO/c9-8(5-10)4-6-1-2-7(8)3-6/h1-2,5-7H,3-4H2/t6-,7+,8-/m0/s1. The second-order valence-corrected chi connectivity index (χ2v) is 3.24. The van der Waals surface area contributed by atoms with Crippen LogP contribution in [0.3, 0.4) is 0 Å². The maximum absolute atomic E-state index is 13.3. The lowest BCUT2D eigenvalue weighted by molar-refractivity contribution is -0.119. The number of hydrogen-bond donors (Lipinski definition) is 0. The van der Waals surface area contributed by atoms with E-state index in [1.807, 2.05) is 12.2 Å². The molecule has 0 spiro atoms. The van der Waals surface area contributed by atoms with E-state index in [4.69, 9.17) is 0 Å². The van der Waals surface area contributed by atoms with Gasteiger partial charge >= 0.3 is 0 Å². The van der Waals surface area contributed by atoms with E-state index in [9.17, 15) is 9.18 Å². The van der Waals surface area contributed by atoms with E-state index in [0.717, 1.165) is 6.42 Å². The number of halogens is 1. The first kappa shape index (κ1) is 6.08. The number of hydrogen-bond acceptors (Lipinski definition) is 1. The van der Waals surface area contributed by atoms with Gasteiger partial charge in [-0.3, -0.25) is 4.79 Å². The molecule has 0 aromatic rings. The van der Waals surface area contributed by atoms with Crippen molar-refractivity contribution in [1.82, 2.24) is 0 Å². The largest absolute Gasteiger partial charge is 0.300 e. The number of allylic oxidation sites excluding steroid dienone is 2. The molecule has 1 fully saturated rings. The molecule has 1 saturated carbocycles. The third kappa shape index (κ3) is 0.591. The zero-order valence-corrected chi connectivity index (χ0v) is 5.59. The third-order valence-corrected chi connectivity index (χ3v) is 2.56. The van der Waals surface area contributed by atoms with Gasteiger partial charge in [0, 0.05) is 5.92 Å². The summed E-state index contributed by atoms with van der Waals surface area (Å²) in [5.41, 5.74) is -1.51. The first-order valence-electron chi connectivity index (χ1n) is 3.58. The molecule has 0 amide bonds. The lowest BCUT2D eigenvalue weighted by Gasteiger charge is -2.19. The molecular formula is C8H9FO. The molecule has 0 heterocycles. The molecule has 3 atom stereocenters. The smallest absolute Gasteiger partial charge is 0.172 e. The summed E-state index contributed by atoms with van der Waals surface area (Å²) in [5, 5.41) is 0. The second kappa shape index (κ2) is 1.68. The fourth-order valence-corrected chi connectivity index (χ4v) is 1.97. The van der Waals surface area contributed by atoms with Crippen LogP contribution in [0.15, 0.2) is 12.2 Å². The van der Waals surface area contributed by atoms with E-state index in [2.05, 4.69) is 0 Å². The maximum Gasteiger partial charge on any atom is 0.172 e. The van der Waals surface area contributed by atoms with Crippen LogP contribution in [0, 0.1) is 11.8 Å². The average molecular weight is 140 g/mol. The zero-order chi connectivity index (χ0) is 7.19. The van der Waals surface area contributed by atoms with Gasteiger partial charge in [0.05, 0.1) is 0 Å². The summed E-state index contributed by atoms with van der Waals surface area (Å²) in [4.78, 5) is 10.3. The lowest BCUT2D eigenvalue weighted by atomic mass is 9.92. The summed E-state index contributed by atoms with van der Waals surface area (Å²) >= 11 is 0. The summed E-state index contributed by atoms with van der Waals surface area (Å²) in [7, 11) is 0. The molecule has 0 N–H and O–H groups in total. The molecule has 2 rings (SSSR count). The highest BCUT2D eigenvalue weighted by Gasteiger charge is 2.48. The monoisotopic (exact) mass is 140 g/mol. The molecule has 0 aliphatic heterocycles. The molecule has 54 valence electrons. The fourth-order valence-electron chi connectivity index (χ4n) is 1.97. The predicted molar refractivity (Wildman–Crippen MR) is 35.3 cm³/mol. The van der Waals surface area contributed by atoms with Crippen molar-refractivity contribution in [3.63, 3.8) is 0 Å². The van der Waals surface area contributed by atoms with Crippen LogP contribution in [0.25, 0.3) is 0 Å². The van der Waals surface area contributed by atoms with Gasteiger partial charge in [0.15, 0.2) is 12.0 Å².